The summed E-state index contributed by atoms with van der Waals surface area (Å²) in [5.74, 6) is -3.44. The molecule has 3 rings (SSSR count). The van der Waals surface area contributed by atoms with E-state index in [2.05, 4.69) is 4.98 Å². The average Bonchev–Trinajstić information content (AvgIpc) is 2.78. The minimum absolute atomic E-state index is 0.0610. The summed E-state index contributed by atoms with van der Waals surface area (Å²) < 4.78 is 66.2. The van der Waals surface area contributed by atoms with Crippen molar-refractivity contribution in [2.75, 3.05) is 13.2 Å². The molecule has 0 aliphatic heterocycles. The fraction of sp³-hybridized carbons (Fsp3) is 0.238. The standard InChI is InChI=1S/C21H15ClF4N4O5/c1-11-4-14(30(33)9-16(11)34-3-2-31)8-29-10-28-19(21(24,25)26)18(20(29)32)35-15-6-13(22)5-12(7-27)17(15)23/h4-6,9-10,31H,2-3,8H2,1H3. The van der Waals surface area contributed by atoms with Crippen LogP contribution in [0, 0.1) is 29.3 Å². The van der Waals surface area contributed by atoms with Gasteiger partial charge in [-0.15, -0.1) is 0 Å². The van der Waals surface area contributed by atoms with Gasteiger partial charge in [0.05, 0.1) is 18.5 Å². The first-order valence-electron chi connectivity index (χ1n) is 9.66. The van der Waals surface area contributed by atoms with Gasteiger partial charge in [-0.3, -0.25) is 9.36 Å². The van der Waals surface area contributed by atoms with Gasteiger partial charge in [0.1, 0.15) is 19.2 Å². The summed E-state index contributed by atoms with van der Waals surface area (Å²) in [6.07, 6.45) is -3.55. The molecule has 1 aromatic carbocycles. The van der Waals surface area contributed by atoms with E-state index < -0.39 is 46.9 Å². The van der Waals surface area contributed by atoms with E-state index in [4.69, 9.17) is 31.4 Å². The van der Waals surface area contributed by atoms with E-state index in [-0.39, 0.29) is 29.7 Å². The third-order valence-corrected chi connectivity index (χ3v) is 4.79. The first-order chi connectivity index (χ1) is 16.5. The largest absolute Gasteiger partial charge is 0.618 e. The van der Waals surface area contributed by atoms with Crippen molar-refractivity contribution in [2.45, 2.75) is 19.6 Å². The Morgan fingerprint density at radius 1 is 1.31 bits per heavy atom. The number of aryl methyl sites for hydroxylation is 1. The first-order valence-corrected chi connectivity index (χ1v) is 10.0. The van der Waals surface area contributed by atoms with Crippen LogP contribution < -0.4 is 19.8 Å². The normalized spacial score (nSPS) is 11.3. The monoisotopic (exact) mass is 514 g/mol. The van der Waals surface area contributed by atoms with Gasteiger partial charge in [0.25, 0.3) is 5.56 Å². The molecule has 0 aliphatic carbocycles. The van der Waals surface area contributed by atoms with Crippen LogP contribution in [-0.2, 0) is 12.7 Å². The second-order valence-electron chi connectivity index (χ2n) is 7.04. The maximum Gasteiger partial charge on any atom is 0.437 e. The Labute approximate surface area is 199 Å². The van der Waals surface area contributed by atoms with Crippen molar-refractivity contribution < 1.29 is 36.9 Å². The molecular weight excluding hydrogens is 500 g/mol. The van der Waals surface area contributed by atoms with E-state index in [0.29, 0.717) is 21.2 Å². The number of halogens is 5. The molecule has 35 heavy (non-hydrogen) atoms. The van der Waals surface area contributed by atoms with Gasteiger partial charge in [0.2, 0.25) is 17.6 Å². The Hall–Kier alpha value is -3.89. The molecule has 0 spiro atoms. The number of aliphatic hydroxyl groups is 1. The van der Waals surface area contributed by atoms with E-state index in [9.17, 15) is 27.6 Å². The van der Waals surface area contributed by atoms with Gasteiger partial charge >= 0.3 is 6.18 Å². The smallest absolute Gasteiger partial charge is 0.437 e. The molecule has 184 valence electrons. The van der Waals surface area contributed by atoms with Crippen LogP contribution in [0.5, 0.6) is 17.2 Å². The van der Waals surface area contributed by atoms with Crippen LogP contribution in [0.2, 0.25) is 5.02 Å². The number of hydrogen-bond acceptors (Lipinski definition) is 7. The lowest BCUT2D eigenvalue weighted by molar-refractivity contribution is -0.614. The van der Waals surface area contributed by atoms with E-state index in [0.717, 1.165) is 18.3 Å². The van der Waals surface area contributed by atoms with Crippen molar-refractivity contribution in [2.24, 2.45) is 0 Å². The van der Waals surface area contributed by atoms with Gasteiger partial charge in [-0.2, -0.15) is 23.2 Å². The topological polar surface area (TPSA) is 124 Å². The molecule has 0 unspecified atom stereocenters. The summed E-state index contributed by atoms with van der Waals surface area (Å²) in [5.41, 5.74) is -3.33. The Bertz CT molecular complexity index is 1370. The summed E-state index contributed by atoms with van der Waals surface area (Å²) in [6.45, 7) is 0.689. The molecule has 2 aromatic heterocycles. The highest BCUT2D eigenvalue weighted by Gasteiger charge is 2.39. The second kappa shape index (κ2) is 10.2. The van der Waals surface area contributed by atoms with Crippen LogP contribution in [0.1, 0.15) is 22.5 Å². The number of ether oxygens (including phenoxy) is 2. The molecule has 0 saturated carbocycles. The SMILES string of the molecule is Cc1cc(Cn2cnc(C(F)(F)F)c(Oc3cc(Cl)cc(C#N)c3F)c2=O)[n+]([O-])cc1OCCO. The van der Waals surface area contributed by atoms with Crippen LogP contribution in [0.3, 0.4) is 0 Å². The molecule has 14 heteroatoms. The molecule has 0 atom stereocenters. The number of pyridine rings is 1. The lowest BCUT2D eigenvalue weighted by Crippen LogP contribution is -2.36. The predicted octanol–water partition coefficient (Wildman–Crippen LogP) is 3.08. The zero-order valence-electron chi connectivity index (χ0n) is 17.8. The maximum atomic E-state index is 14.5. The zero-order valence-corrected chi connectivity index (χ0v) is 18.5. The number of aromatic nitrogens is 3. The highest BCUT2D eigenvalue weighted by atomic mass is 35.5. The number of alkyl halides is 3. The van der Waals surface area contributed by atoms with Crippen molar-refractivity contribution in [1.82, 2.24) is 9.55 Å². The second-order valence-corrected chi connectivity index (χ2v) is 7.48. The molecule has 9 nitrogen and oxygen atoms in total. The third kappa shape index (κ3) is 5.61. The lowest BCUT2D eigenvalue weighted by atomic mass is 10.2. The maximum absolute atomic E-state index is 14.5. The Morgan fingerprint density at radius 2 is 2.03 bits per heavy atom. The summed E-state index contributed by atoms with van der Waals surface area (Å²) in [4.78, 5) is 16.2. The van der Waals surface area contributed by atoms with Crippen LogP contribution in [0.25, 0.3) is 0 Å². The van der Waals surface area contributed by atoms with Crippen molar-refractivity contribution >= 4 is 11.6 Å². The molecule has 0 bridgehead atoms. The van der Waals surface area contributed by atoms with Crippen LogP contribution in [0.15, 0.2) is 35.5 Å². The van der Waals surface area contributed by atoms with Crippen molar-refractivity contribution in [3.05, 3.63) is 79.6 Å². The summed E-state index contributed by atoms with van der Waals surface area (Å²) in [6, 6.07) is 4.54. The predicted molar refractivity (Wildman–Crippen MR) is 112 cm³/mol. The van der Waals surface area contributed by atoms with Crippen molar-refractivity contribution in [3.63, 3.8) is 0 Å². The quantitative estimate of drug-likeness (QED) is 0.292. The van der Waals surface area contributed by atoms with Gasteiger partial charge in [0, 0.05) is 22.7 Å². The molecule has 0 amide bonds. The number of hydrogen-bond donors (Lipinski definition) is 1. The molecule has 1 N–H and O–H groups in total. The Kier molecular flexibility index (Phi) is 7.47. The Morgan fingerprint density at radius 3 is 2.66 bits per heavy atom. The van der Waals surface area contributed by atoms with Crippen LogP contribution in [0.4, 0.5) is 17.6 Å². The highest BCUT2D eigenvalue weighted by molar-refractivity contribution is 6.30. The van der Waals surface area contributed by atoms with Gasteiger partial charge in [-0.05, 0) is 13.0 Å². The molecule has 3 aromatic rings. The number of nitriles is 1. The minimum atomic E-state index is -5.15. The minimum Gasteiger partial charge on any atom is -0.618 e. The third-order valence-electron chi connectivity index (χ3n) is 4.57. The van der Waals surface area contributed by atoms with Crippen molar-refractivity contribution in [1.29, 1.82) is 5.26 Å². The molecule has 0 aliphatic rings. The molecule has 0 fully saturated rings. The van der Waals surface area contributed by atoms with Gasteiger partial charge in [-0.1, -0.05) is 11.6 Å². The van der Waals surface area contributed by atoms with Crippen molar-refractivity contribution in [3.8, 4) is 23.3 Å². The first kappa shape index (κ1) is 25.7. The molecule has 0 radical (unpaired) electrons. The van der Waals surface area contributed by atoms with Crippen LogP contribution >= 0.6 is 11.6 Å². The van der Waals surface area contributed by atoms with E-state index in [1.165, 1.54) is 12.1 Å². The van der Waals surface area contributed by atoms with Gasteiger partial charge in [0.15, 0.2) is 23.0 Å². The van der Waals surface area contributed by atoms with E-state index in [1.54, 1.807) is 6.92 Å². The lowest BCUT2D eigenvalue weighted by Gasteiger charge is -2.15. The van der Waals surface area contributed by atoms with E-state index >= 15 is 0 Å². The summed E-state index contributed by atoms with van der Waals surface area (Å²) >= 11 is 5.77. The molecule has 0 saturated heterocycles. The highest BCUT2D eigenvalue weighted by Crippen LogP contribution is 2.36. The number of rotatable bonds is 7. The summed E-state index contributed by atoms with van der Waals surface area (Å²) in [5, 5.41) is 30.0. The fourth-order valence-corrected chi connectivity index (χ4v) is 3.19. The number of aliphatic hydroxyl groups excluding tert-OH is 1. The zero-order chi connectivity index (χ0) is 25.9. The van der Waals surface area contributed by atoms with Gasteiger partial charge in [-0.25, -0.2) is 9.37 Å². The average molecular weight is 515 g/mol. The number of benzene rings is 1. The molecule has 2 heterocycles. The fourth-order valence-electron chi connectivity index (χ4n) is 2.98. The van der Waals surface area contributed by atoms with Gasteiger partial charge < -0.3 is 19.8 Å². The molecular formula is C21H15ClF4N4O5. The Balaban J connectivity index is 2.08. The van der Waals surface area contributed by atoms with E-state index in [1.807, 2.05) is 0 Å². The van der Waals surface area contributed by atoms with Crippen LogP contribution in [-0.4, -0.2) is 27.9 Å². The number of nitrogens with zero attached hydrogens (tertiary/aromatic N) is 4. The summed E-state index contributed by atoms with van der Waals surface area (Å²) in [7, 11) is 0.